The second-order valence-electron chi connectivity index (χ2n) is 3.25. The van der Waals surface area contributed by atoms with Crippen molar-refractivity contribution in [3.63, 3.8) is 0 Å². The molecule has 0 aliphatic rings. The van der Waals surface area contributed by atoms with Crippen molar-refractivity contribution in [3.05, 3.63) is 24.3 Å². The Morgan fingerprint density at radius 1 is 1.06 bits per heavy atom. The predicted molar refractivity (Wildman–Crippen MR) is 62.3 cm³/mol. The van der Waals surface area contributed by atoms with Crippen molar-refractivity contribution in [2.24, 2.45) is 0 Å². The van der Waals surface area contributed by atoms with Crippen LogP contribution in [0.1, 0.15) is 20.3 Å². The van der Waals surface area contributed by atoms with E-state index in [9.17, 15) is 8.42 Å². The highest BCUT2D eigenvalue weighted by molar-refractivity contribution is 7.87. The van der Waals surface area contributed by atoms with E-state index in [1.54, 1.807) is 31.2 Å². The summed E-state index contributed by atoms with van der Waals surface area (Å²) in [5.74, 6) is 1.04. The van der Waals surface area contributed by atoms with E-state index in [2.05, 4.69) is 0 Å². The van der Waals surface area contributed by atoms with Gasteiger partial charge >= 0.3 is 10.1 Å². The molecule has 0 atom stereocenters. The molecule has 4 nitrogen and oxygen atoms in total. The summed E-state index contributed by atoms with van der Waals surface area (Å²) >= 11 is 0. The molecule has 0 heterocycles. The molecular formula is C11H16O4S. The second kappa shape index (κ2) is 5.75. The van der Waals surface area contributed by atoms with Gasteiger partial charge in [-0.3, -0.25) is 0 Å². The fourth-order valence-corrected chi connectivity index (χ4v) is 2.18. The third-order valence-electron chi connectivity index (χ3n) is 1.81. The van der Waals surface area contributed by atoms with Crippen LogP contribution in [0.25, 0.3) is 0 Å². The smallest absolute Gasteiger partial charge is 0.309 e. The molecule has 1 aromatic rings. The van der Waals surface area contributed by atoms with Crippen molar-refractivity contribution in [2.75, 3.05) is 12.4 Å². The molecule has 0 saturated carbocycles. The minimum absolute atomic E-state index is 0.0280. The van der Waals surface area contributed by atoms with Gasteiger partial charge in [-0.1, -0.05) is 6.92 Å². The predicted octanol–water partition coefficient (Wildman–Crippen LogP) is 2.20. The Hall–Kier alpha value is -1.23. The highest BCUT2D eigenvalue weighted by Gasteiger charge is 2.10. The first kappa shape index (κ1) is 12.8. The average Bonchev–Trinajstić information content (AvgIpc) is 2.21. The Labute approximate surface area is 96.3 Å². The maximum atomic E-state index is 11.4. The molecule has 1 rings (SSSR count). The highest BCUT2D eigenvalue weighted by Crippen LogP contribution is 2.19. The van der Waals surface area contributed by atoms with E-state index in [0.29, 0.717) is 24.5 Å². The van der Waals surface area contributed by atoms with E-state index in [4.69, 9.17) is 8.92 Å². The third-order valence-corrected chi connectivity index (χ3v) is 3.17. The van der Waals surface area contributed by atoms with Crippen LogP contribution in [0, 0.1) is 0 Å². The molecule has 0 amide bonds. The van der Waals surface area contributed by atoms with Gasteiger partial charge in [-0.15, -0.1) is 0 Å². The molecule has 0 fully saturated rings. The Morgan fingerprint density at radius 3 is 2.12 bits per heavy atom. The molecule has 16 heavy (non-hydrogen) atoms. The van der Waals surface area contributed by atoms with Gasteiger partial charge in [-0.2, -0.15) is 8.42 Å². The van der Waals surface area contributed by atoms with Crippen LogP contribution in [0.2, 0.25) is 0 Å². The van der Waals surface area contributed by atoms with Crippen molar-refractivity contribution in [2.45, 2.75) is 20.3 Å². The van der Waals surface area contributed by atoms with Crippen molar-refractivity contribution >= 4 is 10.1 Å². The van der Waals surface area contributed by atoms with E-state index in [0.717, 1.165) is 0 Å². The quantitative estimate of drug-likeness (QED) is 0.720. The normalized spacial score (nSPS) is 11.1. The van der Waals surface area contributed by atoms with Crippen molar-refractivity contribution in [1.29, 1.82) is 0 Å². The van der Waals surface area contributed by atoms with Crippen LogP contribution < -0.4 is 8.92 Å². The zero-order valence-electron chi connectivity index (χ0n) is 9.47. The third kappa shape index (κ3) is 4.10. The molecular weight excluding hydrogens is 228 g/mol. The van der Waals surface area contributed by atoms with Crippen LogP contribution in [0.4, 0.5) is 0 Å². The highest BCUT2D eigenvalue weighted by atomic mass is 32.2. The van der Waals surface area contributed by atoms with Gasteiger partial charge in [0.2, 0.25) is 0 Å². The fraction of sp³-hybridized carbons (Fsp3) is 0.455. The van der Waals surface area contributed by atoms with E-state index in [1.807, 2.05) is 6.92 Å². The zero-order valence-corrected chi connectivity index (χ0v) is 10.3. The number of benzene rings is 1. The Bertz CT molecular complexity index is 408. The van der Waals surface area contributed by atoms with Crippen LogP contribution in [0.5, 0.6) is 11.5 Å². The van der Waals surface area contributed by atoms with Crippen molar-refractivity contribution in [1.82, 2.24) is 0 Å². The van der Waals surface area contributed by atoms with Gasteiger partial charge in [0.15, 0.2) is 0 Å². The summed E-state index contributed by atoms with van der Waals surface area (Å²) in [4.78, 5) is 0. The molecule has 0 aliphatic heterocycles. The summed E-state index contributed by atoms with van der Waals surface area (Å²) in [5.41, 5.74) is 0. The minimum atomic E-state index is -3.45. The molecule has 0 bridgehead atoms. The van der Waals surface area contributed by atoms with Gasteiger partial charge in [-0.05, 0) is 37.6 Å². The Kier molecular flexibility index (Phi) is 4.61. The van der Waals surface area contributed by atoms with Gasteiger partial charge in [-0.25, -0.2) is 0 Å². The van der Waals surface area contributed by atoms with Gasteiger partial charge in [0.1, 0.15) is 11.5 Å². The maximum Gasteiger partial charge on any atom is 0.309 e. The van der Waals surface area contributed by atoms with Crippen LogP contribution in [0.3, 0.4) is 0 Å². The largest absolute Gasteiger partial charge is 0.494 e. The van der Waals surface area contributed by atoms with Gasteiger partial charge in [0.05, 0.1) is 12.4 Å². The minimum Gasteiger partial charge on any atom is -0.494 e. The number of hydrogen-bond acceptors (Lipinski definition) is 4. The van der Waals surface area contributed by atoms with Gasteiger partial charge < -0.3 is 8.92 Å². The number of rotatable bonds is 6. The lowest BCUT2D eigenvalue weighted by Gasteiger charge is -2.07. The van der Waals surface area contributed by atoms with Gasteiger partial charge in [0.25, 0.3) is 0 Å². The van der Waals surface area contributed by atoms with E-state index < -0.39 is 10.1 Å². The van der Waals surface area contributed by atoms with Crippen molar-refractivity contribution < 1.29 is 17.3 Å². The lowest BCUT2D eigenvalue weighted by molar-refractivity contribution is 0.340. The molecule has 0 radical (unpaired) electrons. The molecule has 90 valence electrons. The average molecular weight is 244 g/mol. The van der Waals surface area contributed by atoms with Crippen LogP contribution in [-0.4, -0.2) is 20.8 Å². The van der Waals surface area contributed by atoms with Crippen LogP contribution >= 0.6 is 0 Å². The van der Waals surface area contributed by atoms with Gasteiger partial charge in [0, 0.05) is 0 Å². The first-order valence-electron chi connectivity index (χ1n) is 5.22. The van der Waals surface area contributed by atoms with Crippen LogP contribution in [0.15, 0.2) is 24.3 Å². The summed E-state index contributed by atoms with van der Waals surface area (Å²) in [6.07, 6.45) is 0.541. The lowest BCUT2D eigenvalue weighted by atomic mass is 10.3. The molecule has 0 saturated heterocycles. The number of hydrogen-bond donors (Lipinski definition) is 0. The van der Waals surface area contributed by atoms with E-state index in [-0.39, 0.29) is 5.75 Å². The van der Waals surface area contributed by atoms with Crippen molar-refractivity contribution in [3.8, 4) is 11.5 Å². The fourth-order valence-electron chi connectivity index (χ4n) is 1.20. The molecule has 0 aromatic heterocycles. The molecule has 0 aliphatic carbocycles. The Balaban J connectivity index is 2.68. The second-order valence-corrected chi connectivity index (χ2v) is 4.94. The lowest BCUT2D eigenvalue weighted by Crippen LogP contribution is -2.12. The summed E-state index contributed by atoms with van der Waals surface area (Å²) in [7, 11) is -3.45. The summed E-state index contributed by atoms with van der Waals surface area (Å²) < 4.78 is 32.8. The first-order valence-corrected chi connectivity index (χ1v) is 6.80. The summed E-state index contributed by atoms with van der Waals surface area (Å²) in [6.45, 7) is 4.25. The molecule has 0 unspecified atom stereocenters. The topological polar surface area (TPSA) is 52.6 Å². The molecule has 0 spiro atoms. The molecule has 5 heteroatoms. The Morgan fingerprint density at radius 2 is 1.62 bits per heavy atom. The zero-order chi connectivity index (χ0) is 12.0. The SMILES string of the molecule is CCCS(=O)(=O)Oc1ccc(OCC)cc1. The number of ether oxygens (including phenoxy) is 1. The van der Waals surface area contributed by atoms with Crippen LogP contribution in [-0.2, 0) is 10.1 Å². The summed E-state index contributed by atoms with van der Waals surface area (Å²) in [6, 6.07) is 6.52. The maximum absolute atomic E-state index is 11.4. The standard InChI is InChI=1S/C11H16O4S/c1-3-9-16(12,13)15-11-7-5-10(6-8-11)14-4-2/h5-8H,3-4,9H2,1-2H3. The summed E-state index contributed by atoms with van der Waals surface area (Å²) in [5, 5.41) is 0. The molecule has 0 N–H and O–H groups in total. The van der Waals surface area contributed by atoms with E-state index >= 15 is 0 Å². The monoisotopic (exact) mass is 244 g/mol. The molecule has 1 aromatic carbocycles. The first-order chi connectivity index (χ1) is 7.57. The van der Waals surface area contributed by atoms with E-state index in [1.165, 1.54) is 0 Å².